The SMILES string of the molecule is Brc1ccc2oc3ccc(-c4nc(-c5ccccc5)nc(C5CC=CCC5)n4)cc3c2c1. The first kappa shape index (κ1) is 19.4. The molecule has 0 aliphatic heterocycles. The Bertz CT molecular complexity index is 1470. The van der Waals surface area contributed by atoms with Crippen LogP contribution in [0.1, 0.15) is 31.0 Å². The standard InChI is InChI=1S/C27H20BrN3O/c28-20-12-14-24-22(16-20)21-15-19(11-13-23(21)32-24)27-30-25(17-7-3-1-4-8-17)29-26(31-27)18-9-5-2-6-10-18/h1-5,7-8,11-16,18H,6,9-10H2. The molecule has 0 spiro atoms. The second-order valence-corrected chi connectivity index (χ2v) is 9.06. The molecule has 1 aliphatic rings. The van der Waals surface area contributed by atoms with Crippen LogP contribution in [0.5, 0.6) is 0 Å². The van der Waals surface area contributed by atoms with Gasteiger partial charge in [-0.05, 0) is 55.7 Å². The maximum absolute atomic E-state index is 6.03. The van der Waals surface area contributed by atoms with E-state index in [2.05, 4.69) is 40.2 Å². The molecule has 0 amide bonds. The Kier molecular flexibility index (Phi) is 4.84. The van der Waals surface area contributed by atoms with Crippen LogP contribution in [0.3, 0.4) is 0 Å². The molecule has 0 radical (unpaired) electrons. The number of halogens is 1. The Morgan fingerprint density at radius 1 is 0.750 bits per heavy atom. The van der Waals surface area contributed by atoms with Crippen LogP contribution in [0.15, 0.2) is 87.8 Å². The lowest BCUT2D eigenvalue weighted by atomic mass is 9.93. The van der Waals surface area contributed by atoms with Crippen LogP contribution in [0.4, 0.5) is 0 Å². The van der Waals surface area contributed by atoms with E-state index in [0.29, 0.717) is 11.7 Å². The molecule has 0 N–H and O–H groups in total. The molecule has 3 aromatic carbocycles. The molecule has 5 heteroatoms. The highest BCUT2D eigenvalue weighted by Gasteiger charge is 2.20. The molecule has 156 valence electrons. The van der Waals surface area contributed by atoms with Gasteiger partial charge in [0.2, 0.25) is 0 Å². The zero-order valence-electron chi connectivity index (χ0n) is 17.3. The Balaban J connectivity index is 1.53. The molecule has 0 bridgehead atoms. The van der Waals surface area contributed by atoms with Crippen molar-refractivity contribution >= 4 is 37.9 Å². The van der Waals surface area contributed by atoms with Crippen LogP contribution in [-0.4, -0.2) is 15.0 Å². The van der Waals surface area contributed by atoms with Crippen molar-refractivity contribution in [2.45, 2.75) is 25.2 Å². The Morgan fingerprint density at radius 2 is 1.50 bits per heavy atom. The summed E-state index contributed by atoms with van der Waals surface area (Å²) in [6, 6.07) is 22.4. The van der Waals surface area contributed by atoms with Crippen LogP contribution in [-0.2, 0) is 0 Å². The van der Waals surface area contributed by atoms with Gasteiger partial charge in [-0.2, -0.15) is 0 Å². The molecule has 5 aromatic rings. The van der Waals surface area contributed by atoms with Crippen LogP contribution < -0.4 is 0 Å². The van der Waals surface area contributed by atoms with Gasteiger partial charge < -0.3 is 4.42 Å². The first-order valence-electron chi connectivity index (χ1n) is 10.8. The van der Waals surface area contributed by atoms with E-state index in [1.165, 1.54) is 0 Å². The number of rotatable bonds is 3. The Hall–Kier alpha value is -3.31. The molecule has 2 heterocycles. The van der Waals surface area contributed by atoms with Gasteiger partial charge in [-0.1, -0.05) is 58.4 Å². The second kappa shape index (κ2) is 7.99. The van der Waals surface area contributed by atoms with Gasteiger partial charge in [-0.15, -0.1) is 0 Å². The van der Waals surface area contributed by atoms with E-state index in [1.54, 1.807) is 0 Å². The third-order valence-electron chi connectivity index (χ3n) is 6.01. The smallest absolute Gasteiger partial charge is 0.163 e. The van der Waals surface area contributed by atoms with Crippen molar-refractivity contribution in [3.05, 3.63) is 89.2 Å². The summed E-state index contributed by atoms with van der Waals surface area (Å²) in [5.41, 5.74) is 3.70. The van der Waals surface area contributed by atoms with E-state index < -0.39 is 0 Å². The van der Waals surface area contributed by atoms with Crippen LogP contribution in [0.2, 0.25) is 0 Å². The Morgan fingerprint density at radius 3 is 2.28 bits per heavy atom. The fraction of sp³-hybridized carbons (Fsp3) is 0.148. The summed E-state index contributed by atoms with van der Waals surface area (Å²) in [5, 5.41) is 2.13. The van der Waals surface area contributed by atoms with Crippen molar-refractivity contribution in [1.82, 2.24) is 15.0 Å². The average molecular weight is 482 g/mol. The number of fused-ring (bicyclic) bond motifs is 3. The highest BCUT2D eigenvalue weighted by molar-refractivity contribution is 9.10. The molecule has 0 saturated carbocycles. The van der Waals surface area contributed by atoms with Gasteiger partial charge in [0.25, 0.3) is 0 Å². The third kappa shape index (κ3) is 3.53. The van der Waals surface area contributed by atoms with E-state index in [9.17, 15) is 0 Å². The number of hydrogen-bond acceptors (Lipinski definition) is 4. The van der Waals surface area contributed by atoms with E-state index in [-0.39, 0.29) is 0 Å². The molecule has 0 fully saturated rings. The number of allylic oxidation sites excluding steroid dienone is 2. The van der Waals surface area contributed by atoms with Crippen molar-refractivity contribution in [2.75, 3.05) is 0 Å². The van der Waals surface area contributed by atoms with Gasteiger partial charge in [-0.25, -0.2) is 15.0 Å². The minimum Gasteiger partial charge on any atom is -0.456 e. The normalized spacial score (nSPS) is 16.1. The molecular formula is C27H20BrN3O. The minimum atomic E-state index is 0.318. The summed E-state index contributed by atoms with van der Waals surface area (Å²) in [6.45, 7) is 0. The highest BCUT2D eigenvalue weighted by atomic mass is 79.9. The minimum absolute atomic E-state index is 0.318. The third-order valence-corrected chi connectivity index (χ3v) is 6.50. The quantitative estimate of drug-likeness (QED) is 0.247. The number of aromatic nitrogens is 3. The molecule has 1 aliphatic carbocycles. The monoisotopic (exact) mass is 481 g/mol. The molecule has 1 atom stereocenters. The van der Waals surface area contributed by atoms with Crippen LogP contribution in [0.25, 0.3) is 44.7 Å². The summed E-state index contributed by atoms with van der Waals surface area (Å²) in [5.74, 6) is 2.62. The molecular weight excluding hydrogens is 462 g/mol. The first-order valence-corrected chi connectivity index (χ1v) is 11.6. The second-order valence-electron chi connectivity index (χ2n) is 8.14. The number of hydrogen-bond donors (Lipinski definition) is 0. The van der Waals surface area contributed by atoms with E-state index in [4.69, 9.17) is 19.4 Å². The zero-order valence-corrected chi connectivity index (χ0v) is 18.9. The van der Waals surface area contributed by atoms with Gasteiger partial charge in [0.1, 0.15) is 17.0 Å². The average Bonchev–Trinajstić information content (AvgIpc) is 3.22. The fourth-order valence-electron chi connectivity index (χ4n) is 4.34. The van der Waals surface area contributed by atoms with Crippen LogP contribution >= 0.6 is 15.9 Å². The van der Waals surface area contributed by atoms with Gasteiger partial charge in [0, 0.05) is 32.3 Å². The highest BCUT2D eigenvalue weighted by Crippen LogP contribution is 2.34. The molecule has 0 saturated heterocycles. The van der Waals surface area contributed by atoms with Gasteiger partial charge in [-0.3, -0.25) is 0 Å². The molecule has 2 aromatic heterocycles. The summed E-state index contributed by atoms with van der Waals surface area (Å²) >= 11 is 3.58. The summed E-state index contributed by atoms with van der Waals surface area (Å²) in [7, 11) is 0. The van der Waals surface area contributed by atoms with Crippen molar-refractivity contribution < 1.29 is 4.42 Å². The Labute approximate surface area is 194 Å². The predicted octanol–water partition coefficient (Wildman–Crippen LogP) is 7.69. The van der Waals surface area contributed by atoms with E-state index >= 15 is 0 Å². The van der Waals surface area contributed by atoms with Crippen molar-refractivity contribution in [3.63, 3.8) is 0 Å². The summed E-state index contributed by atoms with van der Waals surface area (Å²) < 4.78 is 7.05. The lowest BCUT2D eigenvalue weighted by Crippen LogP contribution is -2.09. The van der Waals surface area contributed by atoms with Gasteiger partial charge in [0.15, 0.2) is 11.6 Å². The molecule has 4 nitrogen and oxygen atoms in total. The van der Waals surface area contributed by atoms with Gasteiger partial charge >= 0.3 is 0 Å². The lowest BCUT2D eigenvalue weighted by molar-refractivity contribution is 0.581. The molecule has 6 rings (SSSR count). The predicted molar refractivity (Wildman–Crippen MR) is 131 cm³/mol. The largest absolute Gasteiger partial charge is 0.456 e. The van der Waals surface area contributed by atoms with E-state index in [0.717, 1.165) is 68.4 Å². The maximum atomic E-state index is 6.03. The lowest BCUT2D eigenvalue weighted by Gasteiger charge is -2.17. The number of benzene rings is 3. The fourth-order valence-corrected chi connectivity index (χ4v) is 4.70. The number of furan rings is 1. The number of nitrogens with zero attached hydrogens (tertiary/aromatic N) is 3. The topological polar surface area (TPSA) is 51.8 Å². The first-order chi connectivity index (χ1) is 15.7. The van der Waals surface area contributed by atoms with Crippen molar-refractivity contribution in [1.29, 1.82) is 0 Å². The zero-order chi connectivity index (χ0) is 21.5. The molecule has 1 unspecified atom stereocenters. The van der Waals surface area contributed by atoms with Crippen LogP contribution in [0, 0.1) is 0 Å². The van der Waals surface area contributed by atoms with E-state index in [1.807, 2.05) is 54.6 Å². The van der Waals surface area contributed by atoms with Crippen molar-refractivity contribution in [2.24, 2.45) is 0 Å². The molecule has 32 heavy (non-hydrogen) atoms. The van der Waals surface area contributed by atoms with Crippen molar-refractivity contribution in [3.8, 4) is 22.8 Å². The van der Waals surface area contributed by atoms with Gasteiger partial charge in [0.05, 0.1) is 0 Å². The summed E-state index contributed by atoms with van der Waals surface area (Å²) in [4.78, 5) is 14.7. The summed E-state index contributed by atoms with van der Waals surface area (Å²) in [6.07, 6.45) is 7.58. The maximum Gasteiger partial charge on any atom is 0.163 e.